The fourth-order valence-electron chi connectivity index (χ4n) is 5.14. The Hall–Kier alpha value is -2.90. The summed E-state index contributed by atoms with van der Waals surface area (Å²) in [7, 11) is 4.71. The van der Waals surface area contributed by atoms with E-state index < -0.39 is 0 Å². The first kappa shape index (κ1) is 23.3. The zero-order chi connectivity index (χ0) is 23.4. The van der Waals surface area contributed by atoms with Crippen LogP contribution in [0, 0.1) is 5.92 Å². The highest BCUT2D eigenvalue weighted by atomic mass is 16.5. The van der Waals surface area contributed by atoms with Gasteiger partial charge in [0.25, 0.3) is 5.91 Å². The van der Waals surface area contributed by atoms with Gasteiger partial charge < -0.3 is 29.0 Å². The number of hydrogen-bond acceptors (Lipinski definition) is 5. The predicted molar refractivity (Wildman–Crippen MR) is 126 cm³/mol. The summed E-state index contributed by atoms with van der Waals surface area (Å²) in [5.41, 5.74) is 1.13. The Morgan fingerprint density at radius 1 is 0.909 bits per heavy atom. The minimum Gasteiger partial charge on any atom is -0.496 e. The normalized spacial score (nSPS) is 17.3. The van der Waals surface area contributed by atoms with E-state index in [0.717, 1.165) is 11.8 Å². The molecule has 2 fully saturated rings. The molecule has 1 N–H and O–H groups in total. The van der Waals surface area contributed by atoms with Crippen molar-refractivity contribution in [2.24, 2.45) is 5.92 Å². The number of amides is 2. The molecule has 33 heavy (non-hydrogen) atoms. The predicted octanol–water partition coefficient (Wildman–Crippen LogP) is 3.84. The minimum absolute atomic E-state index is 0.0939. The Morgan fingerprint density at radius 2 is 1.58 bits per heavy atom. The van der Waals surface area contributed by atoms with Crippen molar-refractivity contribution in [1.82, 2.24) is 14.8 Å². The summed E-state index contributed by atoms with van der Waals surface area (Å²) in [6.07, 6.45) is 8.10. The van der Waals surface area contributed by atoms with Crippen LogP contribution in [0.3, 0.4) is 0 Å². The molecule has 1 aliphatic heterocycles. The van der Waals surface area contributed by atoms with Crippen LogP contribution in [-0.2, 0) is 4.79 Å². The number of piperazine rings is 1. The summed E-state index contributed by atoms with van der Waals surface area (Å²) in [5, 5.41) is 0.759. The second kappa shape index (κ2) is 10.4. The van der Waals surface area contributed by atoms with Crippen molar-refractivity contribution in [3.05, 3.63) is 17.8 Å². The summed E-state index contributed by atoms with van der Waals surface area (Å²) in [5.74, 6) is 2.50. The third-order valence-corrected chi connectivity index (χ3v) is 7.08. The van der Waals surface area contributed by atoms with Crippen LogP contribution in [-0.4, -0.2) is 74.1 Å². The summed E-state index contributed by atoms with van der Waals surface area (Å²) < 4.78 is 16.4. The Bertz CT molecular complexity index is 988. The van der Waals surface area contributed by atoms with Crippen molar-refractivity contribution in [1.29, 1.82) is 0 Å². The second-order valence-electron chi connectivity index (χ2n) is 9.00. The van der Waals surface area contributed by atoms with Gasteiger partial charge in [-0.15, -0.1) is 0 Å². The quantitative estimate of drug-likeness (QED) is 0.683. The lowest BCUT2D eigenvalue weighted by atomic mass is 9.86. The number of H-pyrrole nitrogens is 1. The average molecular weight is 458 g/mol. The molecule has 8 heteroatoms. The van der Waals surface area contributed by atoms with Crippen LogP contribution in [0.15, 0.2) is 12.1 Å². The SMILES string of the molecule is COc1cc(OC)c2cc(C(=O)N3CCN(C(=O)CCC4CCCCC4)CC3)[nH]c2c1OC. The molecule has 0 bridgehead atoms. The summed E-state index contributed by atoms with van der Waals surface area (Å²) in [6, 6.07) is 3.54. The van der Waals surface area contributed by atoms with Gasteiger partial charge in [0.1, 0.15) is 11.4 Å². The van der Waals surface area contributed by atoms with Gasteiger partial charge in [-0.1, -0.05) is 32.1 Å². The highest BCUT2D eigenvalue weighted by Crippen LogP contribution is 2.41. The Kier molecular flexibility index (Phi) is 7.30. The van der Waals surface area contributed by atoms with Crippen molar-refractivity contribution in [2.75, 3.05) is 47.5 Å². The molecule has 8 nitrogen and oxygen atoms in total. The highest BCUT2D eigenvalue weighted by Gasteiger charge is 2.27. The Balaban J connectivity index is 1.39. The maximum absolute atomic E-state index is 13.2. The summed E-state index contributed by atoms with van der Waals surface area (Å²) in [4.78, 5) is 32.8. The monoisotopic (exact) mass is 457 g/mol. The molecular formula is C25H35N3O5. The van der Waals surface area contributed by atoms with Gasteiger partial charge in [-0.05, 0) is 18.4 Å². The largest absolute Gasteiger partial charge is 0.496 e. The number of carbonyl (C=O) groups is 2. The minimum atomic E-state index is -0.0939. The number of rotatable bonds is 7. The zero-order valence-electron chi connectivity index (χ0n) is 19.9. The maximum atomic E-state index is 13.2. The number of benzene rings is 1. The van der Waals surface area contributed by atoms with Crippen LogP contribution >= 0.6 is 0 Å². The van der Waals surface area contributed by atoms with Gasteiger partial charge in [0.05, 0.1) is 26.8 Å². The lowest BCUT2D eigenvalue weighted by Gasteiger charge is -2.35. The number of fused-ring (bicyclic) bond motifs is 1. The van der Waals surface area contributed by atoms with Crippen LogP contribution < -0.4 is 14.2 Å². The first-order valence-corrected chi connectivity index (χ1v) is 11.9. The van der Waals surface area contributed by atoms with E-state index in [1.54, 1.807) is 38.4 Å². The number of aromatic nitrogens is 1. The molecule has 0 unspecified atom stereocenters. The Morgan fingerprint density at radius 3 is 2.21 bits per heavy atom. The summed E-state index contributed by atoms with van der Waals surface area (Å²) >= 11 is 0. The van der Waals surface area contributed by atoms with E-state index in [0.29, 0.717) is 67.0 Å². The van der Waals surface area contributed by atoms with Crippen LogP contribution in [0.2, 0.25) is 0 Å². The molecular weight excluding hydrogens is 422 g/mol. The van der Waals surface area contributed by atoms with Gasteiger partial charge in [-0.3, -0.25) is 9.59 Å². The van der Waals surface area contributed by atoms with Gasteiger partial charge in [0.2, 0.25) is 5.91 Å². The third-order valence-electron chi connectivity index (χ3n) is 7.08. The number of nitrogens with one attached hydrogen (secondary N) is 1. The fourth-order valence-corrected chi connectivity index (χ4v) is 5.14. The van der Waals surface area contributed by atoms with E-state index in [2.05, 4.69) is 4.98 Å². The van der Waals surface area contributed by atoms with E-state index in [1.165, 1.54) is 32.1 Å². The van der Waals surface area contributed by atoms with Crippen LogP contribution in [0.25, 0.3) is 10.9 Å². The molecule has 1 aliphatic carbocycles. The van der Waals surface area contributed by atoms with E-state index in [1.807, 2.05) is 4.90 Å². The van der Waals surface area contributed by atoms with Crippen molar-refractivity contribution < 1.29 is 23.8 Å². The smallest absolute Gasteiger partial charge is 0.270 e. The zero-order valence-corrected chi connectivity index (χ0v) is 19.9. The van der Waals surface area contributed by atoms with Crippen LogP contribution in [0.5, 0.6) is 17.2 Å². The first-order valence-electron chi connectivity index (χ1n) is 11.9. The van der Waals surface area contributed by atoms with Crippen molar-refractivity contribution in [2.45, 2.75) is 44.9 Å². The van der Waals surface area contributed by atoms with Crippen molar-refractivity contribution in [3.8, 4) is 17.2 Å². The average Bonchev–Trinajstić information content (AvgIpc) is 3.31. The van der Waals surface area contributed by atoms with Gasteiger partial charge in [0.15, 0.2) is 11.5 Å². The molecule has 2 aromatic rings. The Labute approximate surface area is 195 Å². The topological polar surface area (TPSA) is 84.1 Å². The molecule has 2 amide bonds. The van der Waals surface area contributed by atoms with Gasteiger partial charge in [0, 0.05) is 44.1 Å². The van der Waals surface area contributed by atoms with E-state index in [4.69, 9.17) is 14.2 Å². The standard InChI is InChI=1S/C25H35N3O5/c1-31-20-16-21(32-2)24(33-3)23-18(20)15-19(26-23)25(30)28-13-11-27(12-14-28)22(29)10-9-17-7-5-4-6-8-17/h15-17,26H,4-14H2,1-3H3. The molecule has 1 aromatic carbocycles. The molecule has 0 atom stereocenters. The molecule has 1 aromatic heterocycles. The first-order chi connectivity index (χ1) is 16.0. The molecule has 0 radical (unpaired) electrons. The molecule has 2 heterocycles. The molecule has 2 aliphatic rings. The third kappa shape index (κ3) is 4.89. The molecule has 0 spiro atoms. The molecule has 180 valence electrons. The number of hydrogen-bond donors (Lipinski definition) is 1. The van der Waals surface area contributed by atoms with Crippen LogP contribution in [0.1, 0.15) is 55.4 Å². The fraction of sp³-hybridized carbons (Fsp3) is 0.600. The highest BCUT2D eigenvalue weighted by molar-refractivity contribution is 6.02. The maximum Gasteiger partial charge on any atom is 0.270 e. The molecule has 1 saturated carbocycles. The lowest BCUT2D eigenvalue weighted by molar-refractivity contribution is -0.133. The number of methoxy groups -OCH3 is 3. The summed E-state index contributed by atoms with van der Waals surface area (Å²) in [6.45, 7) is 2.22. The molecule has 1 saturated heterocycles. The van der Waals surface area contributed by atoms with Crippen molar-refractivity contribution >= 4 is 22.7 Å². The van der Waals surface area contributed by atoms with Gasteiger partial charge in [-0.25, -0.2) is 0 Å². The second-order valence-corrected chi connectivity index (χ2v) is 9.00. The van der Waals surface area contributed by atoms with Crippen LogP contribution in [0.4, 0.5) is 0 Å². The van der Waals surface area contributed by atoms with Gasteiger partial charge in [-0.2, -0.15) is 0 Å². The van der Waals surface area contributed by atoms with Crippen molar-refractivity contribution in [3.63, 3.8) is 0 Å². The van der Waals surface area contributed by atoms with E-state index in [9.17, 15) is 9.59 Å². The lowest BCUT2D eigenvalue weighted by Crippen LogP contribution is -2.50. The number of nitrogens with zero attached hydrogens (tertiary/aromatic N) is 2. The number of carbonyl (C=O) groups excluding carboxylic acids is 2. The van der Waals surface area contributed by atoms with E-state index in [-0.39, 0.29) is 11.8 Å². The number of aromatic amines is 1. The molecule has 4 rings (SSSR count). The van der Waals surface area contributed by atoms with E-state index >= 15 is 0 Å². The van der Waals surface area contributed by atoms with Gasteiger partial charge >= 0.3 is 0 Å². The number of ether oxygens (including phenoxy) is 3.